The van der Waals surface area contributed by atoms with Crippen LogP contribution >= 0.6 is 0 Å². The fraction of sp³-hybridized carbons (Fsp3) is 0.909. The molecule has 0 aliphatic carbocycles. The lowest BCUT2D eigenvalue weighted by molar-refractivity contribution is 0.343. The van der Waals surface area contributed by atoms with Crippen molar-refractivity contribution in [1.82, 2.24) is 9.80 Å². The zero-order valence-electron chi connectivity index (χ0n) is 9.95. The molecule has 0 fully saturated rings. The van der Waals surface area contributed by atoms with Gasteiger partial charge in [-0.15, -0.1) is 0 Å². The van der Waals surface area contributed by atoms with Gasteiger partial charge in [0, 0.05) is 26.7 Å². The maximum Gasteiger partial charge on any atom is 0.196 e. The van der Waals surface area contributed by atoms with E-state index < -0.39 is 0 Å². The summed E-state index contributed by atoms with van der Waals surface area (Å²) in [5.74, 6) is 1.94. The lowest BCUT2D eigenvalue weighted by Crippen LogP contribution is -2.41. The summed E-state index contributed by atoms with van der Waals surface area (Å²) >= 11 is 0. The summed E-state index contributed by atoms with van der Waals surface area (Å²) in [4.78, 5) is 9.19. The van der Waals surface area contributed by atoms with Gasteiger partial charge in [-0.25, -0.2) is 0 Å². The molecule has 0 bridgehead atoms. The van der Waals surface area contributed by atoms with E-state index in [0.717, 1.165) is 32.1 Å². The first kappa shape index (κ1) is 11.3. The van der Waals surface area contributed by atoms with Gasteiger partial charge in [0.05, 0.1) is 6.54 Å². The molecule has 0 saturated carbocycles. The van der Waals surface area contributed by atoms with Crippen molar-refractivity contribution in [2.45, 2.75) is 27.2 Å². The summed E-state index contributed by atoms with van der Waals surface area (Å²) < 4.78 is 0. The third-order valence-corrected chi connectivity index (χ3v) is 2.91. The van der Waals surface area contributed by atoms with E-state index >= 15 is 0 Å². The van der Waals surface area contributed by atoms with E-state index in [4.69, 9.17) is 0 Å². The Morgan fingerprint density at radius 2 is 2.21 bits per heavy atom. The summed E-state index contributed by atoms with van der Waals surface area (Å²) in [6, 6.07) is 0. The second-order valence-corrected chi connectivity index (χ2v) is 4.16. The molecule has 1 rings (SSSR count). The minimum absolute atomic E-state index is 0.752. The Labute approximate surface area is 87.8 Å². The molecule has 1 aliphatic heterocycles. The molecule has 14 heavy (non-hydrogen) atoms. The van der Waals surface area contributed by atoms with E-state index in [9.17, 15) is 0 Å². The highest BCUT2D eigenvalue weighted by Crippen LogP contribution is 2.08. The molecule has 1 aliphatic rings. The SMILES string of the molecule is CCC(C)CN(C)C1=NCCN1CC. The second kappa shape index (κ2) is 5.23. The van der Waals surface area contributed by atoms with E-state index in [2.05, 4.69) is 42.6 Å². The van der Waals surface area contributed by atoms with Crippen molar-refractivity contribution in [3.05, 3.63) is 0 Å². The van der Waals surface area contributed by atoms with Crippen LogP contribution in [-0.4, -0.2) is 49.0 Å². The average molecular weight is 197 g/mol. The van der Waals surface area contributed by atoms with Gasteiger partial charge >= 0.3 is 0 Å². The first-order valence-corrected chi connectivity index (χ1v) is 5.69. The number of likely N-dealkylation sites (N-methyl/N-ethyl adjacent to an activating group) is 1. The molecule has 0 saturated heterocycles. The highest BCUT2D eigenvalue weighted by atomic mass is 15.4. The monoisotopic (exact) mass is 197 g/mol. The highest BCUT2D eigenvalue weighted by molar-refractivity contribution is 5.81. The molecule has 1 heterocycles. The Bertz CT molecular complexity index is 201. The molecule has 0 amide bonds. The summed E-state index contributed by atoms with van der Waals surface area (Å²) in [6.07, 6.45) is 1.24. The molecular formula is C11H23N3. The maximum atomic E-state index is 4.54. The van der Waals surface area contributed by atoms with Gasteiger partial charge in [-0.1, -0.05) is 20.3 Å². The van der Waals surface area contributed by atoms with E-state index in [1.165, 1.54) is 12.4 Å². The smallest absolute Gasteiger partial charge is 0.196 e. The van der Waals surface area contributed by atoms with Gasteiger partial charge in [-0.2, -0.15) is 0 Å². The van der Waals surface area contributed by atoms with Gasteiger partial charge in [0.2, 0.25) is 0 Å². The van der Waals surface area contributed by atoms with Crippen LogP contribution in [0.15, 0.2) is 4.99 Å². The Morgan fingerprint density at radius 3 is 2.79 bits per heavy atom. The average Bonchev–Trinajstić information content (AvgIpc) is 2.65. The fourth-order valence-electron chi connectivity index (χ4n) is 1.81. The van der Waals surface area contributed by atoms with Crippen LogP contribution in [0.5, 0.6) is 0 Å². The summed E-state index contributed by atoms with van der Waals surface area (Å²) in [5, 5.41) is 0. The maximum absolute atomic E-state index is 4.54. The largest absolute Gasteiger partial charge is 0.346 e. The van der Waals surface area contributed by atoms with E-state index in [1.54, 1.807) is 0 Å². The van der Waals surface area contributed by atoms with E-state index in [1.807, 2.05) is 0 Å². The Morgan fingerprint density at radius 1 is 1.50 bits per heavy atom. The minimum atomic E-state index is 0.752. The van der Waals surface area contributed by atoms with Gasteiger partial charge in [-0.05, 0) is 12.8 Å². The third kappa shape index (κ3) is 2.63. The molecule has 1 unspecified atom stereocenters. The first-order valence-electron chi connectivity index (χ1n) is 5.69. The topological polar surface area (TPSA) is 18.8 Å². The molecule has 0 N–H and O–H groups in total. The fourth-order valence-corrected chi connectivity index (χ4v) is 1.81. The van der Waals surface area contributed by atoms with Crippen molar-refractivity contribution in [3.8, 4) is 0 Å². The summed E-state index contributed by atoms with van der Waals surface area (Å²) in [5.41, 5.74) is 0. The number of hydrogen-bond acceptors (Lipinski definition) is 3. The molecule has 0 aromatic carbocycles. The van der Waals surface area contributed by atoms with Crippen LogP contribution in [0.25, 0.3) is 0 Å². The quantitative estimate of drug-likeness (QED) is 0.682. The van der Waals surface area contributed by atoms with Crippen LogP contribution in [0.1, 0.15) is 27.2 Å². The first-order chi connectivity index (χ1) is 6.69. The van der Waals surface area contributed by atoms with Crippen LogP contribution in [0, 0.1) is 5.92 Å². The van der Waals surface area contributed by atoms with Crippen molar-refractivity contribution in [3.63, 3.8) is 0 Å². The third-order valence-electron chi connectivity index (χ3n) is 2.91. The zero-order chi connectivity index (χ0) is 10.6. The summed E-state index contributed by atoms with van der Waals surface area (Å²) in [7, 11) is 2.15. The van der Waals surface area contributed by atoms with E-state index in [0.29, 0.717) is 0 Å². The van der Waals surface area contributed by atoms with Crippen molar-refractivity contribution in [1.29, 1.82) is 0 Å². The van der Waals surface area contributed by atoms with Crippen molar-refractivity contribution in [2.24, 2.45) is 10.9 Å². The van der Waals surface area contributed by atoms with E-state index in [-0.39, 0.29) is 0 Å². The summed E-state index contributed by atoms with van der Waals surface area (Å²) in [6.45, 7) is 11.0. The van der Waals surface area contributed by atoms with Gasteiger partial charge in [-0.3, -0.25) is 4.99 Å². The number of hydrogen-bond donors (Lipinski definition) is 0. The predicted molar refractivity (Wildman–Crippen MR) is 61.6 cm³/mol. The Kier molecular flexibility index (Phi) is 4.23. The van der Waals surface area contributed by atoms with Gasteiger partial charge in [0.25, 0.3) is 0 Å². The van der Waals surface area contributed by atoms with Gasteiger partial charge < -0.3 is 9.80 Å². The van der Waals surface area contributed by atoms with Gasteiger partial charge in [0.15, 0.2) is 5.96 Å². The Balaban J connectivity index is 2.47. The molecule has 0 aromatic heterocycles. The number of rotatable bonds is 4. The zero-order valence-corrected chi connectivity index (χ0v) is 9.95. The van der Waals surface area contributed by atoms with Crippen LogP contribution < -0.4 is 0 Å². The van der Waals surface area contributed by atoms with Crippen molar-refractivity contribution in [2.75, 3.05) is 33.2 Å². The predicted octanol–water partition coefficient (Wildman–Crippen LogP) is 1.66. The minimum Gasteiger partial charge on any atom is -0.346 e. The van der Waals surface area contributed by atoms with Crippen molar-refractivity contribution < 1.29 is 0 Å². The molecule has 82 valence electrons. The molecule has 3 nitrogen and oxygen atoms in total. The number of aliphatic imine (C=N–C) groups is 1. The van der Waals surface area contributed by atoms with Crippen molar-refractivity contribution >= 4 is 5.96 Å². The number of guanidine groups is 1. The standard InChI is InChI=1S/C11H23N3/c1-5-10(3)9-13(4)11-12-7-8-14(11)6-2/h10H,5-9H2,1-4H3. The van der Waals surface area contributed by atoms with Crippen LogP contribution in [0.4, 0.5) is 0 Å². The normalized spacial score (nSPS) is 18.3. The molecule has 1 atom stereocenters. The molecule has 3 heteroatoms. The molecule has 0 radical (unpaired) electrons. The molecule has 0 spiro atoms. The molecular weight excluding hydrogens is 174 g/mol. The second-order valence-electron chi connectivity index (χ2n) is 4.16. The van der Waals surface area contributed by atoms with Gasteiger partial charge in [0.1, 0.15) is 0 Å². The lowest BCUT2D eigenvalue weighted by Gasteiger charge is -2.28. The van der Waals surface area contributed by atoms with Crippen LogP contribution in [0.3, 0.4) is 0 Å². The Hall–Kier alpha value is -0.730. The lowest BCUT2D eigenvalue weighted by atomic mass is 10.1. The molecule has 0 aromatic rings. The van der Waals surface area contributed by atoms with Crippen LogP contribution in [-0.2, 0) is 0 Å². The number of nitrogens with zero attached hydrogens (tertiary/aromatic N) is 3. The van der Waals surface area contributed by atoms with Crippen LogP contribution in [0.2, 0.25) is 0 Å². The highest BCUT2D eigenvalue weighted by Gasteiger charge is 2.19.